The molecule has 1 unspecified atom stereocenters. The predicted octanol–water partition coefficient (Wildman–Crippen LogP) is 1.53. The number of hydrogen-bond acceptors (Lipinski definition) is 5. The number of aliphatic hydroxyl groups is 1. The van der Waals surface area contributed by atoms with E-state index in [4.69, 9.17) is 9.47 Å². The summed E-state index contributed by atoms with van der Waals surface area (Å²) in [6.07, 6.45) is 0.00231. The van der Waals surface area contributed by atoms with Crippen molar-refractivity contribution in [3.8, 4) is 0 Å². The summed E-state index contributed by atoms with van der Waals surface area (Å²) in [6, 6.07) is 0. The van der Waals surface area contributed by atoms with E-state index in [1.807, 2.05) is 13.8 Å². The predicted molar refractivity (Wildman–Crippen MR) is 66.8 cm³/mol. The Kier molecular flexibility index (Phi) is 6.91. The Hall–Kier alpha value is -1.10. The van der Waals surface area contributed by atoms with Gasteiger partial charge in [-0.25, -0.2) is 0 Å². The quantitative estimate of drug-likeness (QED) is 0.555. The summed E-state index contributed by atoms with van der Waals surface area (Å²) in [7, 11) is 0. The Labute approximate surface area is 108 Å². The molecular weight excluding hydrogens is 236 g/mol. The van der Waals surface area contributed by atoms with Crippen molar-refractivity contribution >= 4 is 11.9 Å². The minimum Gasteiger partial charge on any atom is -0.465 e. The van der Waals surface area contributed by atoms with E-state index in [0.717, 1.165) is 0 Å². The lowest BCUT2D eigenvalue weighted by Crippen LogP contribution is -2.40. The molecule has 0 aliphatic heterocycles. The molecule has 0 heterocycles. The van der Waals surface area contributed by atoms with Crippen LogP contribution in [-0.4, -0.2) is 35.9 Å². The maximum Gasteiger partial charge on any atom is 0.320 e. The SMILES string of the molecule is CCOC(=O)C(CC(C)(O)C(C)C)C(=O)OCC. The van der Waals surface area contributed by atoms with Gasteiger partial charge in [0, 0.05) is 6.42 Å². The molecule has 0 fully saturated rings. The van der Waals surface area contributed by atoms with Crippen molar-refractivity contribution in [2.45, 2.75) is 46.6 Å². The maximum atomic E-state index is 11.7. The molecule has 0 aromatic heterocycles. The monoisotopic (exact) mass is 260 g/mol. The average molecular weight is 260 g/mol. The normalized spacial score (nSPS) is 14.4. The Morgan fingerprint density at radius 1 is 1.11 bits per heavy atom. The fourth-order valence-electron chi connectivity index (χ4n) is 1.40. The standard InChI is InChI=1S/C13H24O5/c1-6-17-11(14)10(12(15)18-7-2)8-13(5,16)9(3)4/h9-10,16H,6-8H2,1-5H3. The molecule has 0 saturated heterocycles. The second kappa shape index (κ2) is 7.36. The minimum atomic E-state index is -1.12. The van der Waals surface area contributed by atoms with Crippen LogP contribution >= 0.6 is 0 Å². The Balaban J connectivity index is 4.87. The molecule has 106 valence electrons. The topological polar surface area (TPSA) is 72.8 Å². The van der Waals surface area contributed by atoms with Gasteiger partial charge in [-0.15, -0.1) is 0 Å². The first-order valence-corrected chi connectivity index (χ1v) is 6.31. The van der Waals surface area contributed by atoms with Gasteiger partial charge in [0.2, 0.25) is 0 Å². The van der Waals surface area contributed by atoms with E-state index in [1.54, 1.807) is 20.8 Å². The van der Waals surface area contributed by atoms with Crippen LogP contribution in [0.5, 0.6) is 0 Å². The average Bonchev–Trinajstić information content (AvgIpc) is 2.26. The summed E-state index contributed by atoms with van der Waals surface area (Å²) in [5, 5.41) is 10.2. The molecule has 0 amide bonds. The van der Waals surface area contributed by atoms with Crippen molar-refractivity contribution in [1.82, 2.24) is 0 Å². The number of carbonyl (C=O) groups excluding carboxylic acids is 2. The van der Waals surface area contributed by atoms with E-state index < -0.39 is 23.5 Å². The maximum absolute atomic E-state index is 11.7. The summed E-state index contributed by atoms with van der Waals surface area (Å²) in [4.78, 5) is 23.5. The van der Waals surface area contributed by atoms with Crippen LogP contribution in [-0.2, 0) is 19.1 Å². The highest BCUT2D eigenvalue weighted by Gasteiger charge is 2.38. The van der Waals surface area contributed by atoms with Crippen LogP contribution in [0.4, 0.5) is 0 Å². The molecule has 0 radical (unpaired) electrons. The first-order valence-electron chi connectivity index (χ1n) is 6.31. The zero-order valence-electron chi connectivity index (χ0n) is 11.9. The van der Waals surface area contributed by atoms with Gasteiger partial charge >= 0.3 is 11.9 Å². The van der Waals surface area contributed by atoms with E-state index in [1.165, 1.54) is 0 Å². The van der Waals surface area contributed by atoms with Crippen molar-refractivity contribution in [2.75, 3.05) is 13.2 Å². The van der Waals surface area contributed by atoms with Crippen LogP contribution in [0.3, 0.4) is 0 Å². The number of ether oxygens (including phenoxy) is 2. The molecule has 1 atom stereocenters. The fraction of sp³-hybridized carbons (Fsp3) is 0.846. The number of esters is 2. The molecule has 1 N–H and O–H groups in total. The van der Waals surface area contributed by atoms with Gasteiger partial charge < -0.3 is 14.6 Å². The molecule has 0 aromatic rings. The third kappa shape index (κ3) is 5.04. The second-order valence-electron chi connectivity index (χ2n) is 4.77. The number of carbonyl (C=O) groups is 2. The van der Waals surface area contributed by atoms with Crippen molar-refractivity contribution in [3.05, 3.63) is 0 Å². The molecule has 0 aromatic carbocycles. The van der Waals surface area contributed by atoms with Crippen LogP contribution in [0.2, 0.25) is 0 Å². The minimum absolute atomic E-state index is 0.00231. The largest absolute Gasteiger partial charge is 0.465 e. The molecule has 0 aliphatic rings. The lowest BCUT2D eigenvalue weighted by Gasteiger charge is -2.30. The van der Waals surface area contributed by atoms with Crippen LogP contribution in [0.15, 0.2) is 0 Å². The summed E-state index contributed by atoms with van der Waals surface area (Å²) in [5.41, 5.74) is -1.12. The van der Waals surface area contributed by atoms with Crippen LogP contribution in [0.1, 0.15) is 41.0 Å². The summed E-state index contributed by atoms with van der Waals surface area (Å²) in [6.45, 7) is 8.97. The van der Waals surface area contributed by atoms with Crippen molar-refractivity contribution in [2.24, 2.45) is 11.8 Å². The molecule has 0 rings (SSSR count). The van der Waals surface area contributed by atoms with Crippen molar-refractivity contribution in [1.29, 1.82) is 0 Å². The molecule has 0 spiro atoms. The van der Waals surface area contributed by atoms with E-state index >= 15 is 0 Å². The van der Waals surface area contributed by atoms with Crippen LogP contribution in [0, 0.1) is 11.8 Å². The van der Waals surface area contributed by atoms with Gasteiger partial charge in [0.15, 0.2) is 5.92 Å². The van der Waals surface area contributed by atoms with Gasteiger partial charge in [0.1, 0.15) is 0 Å². The second-order valence-corrected chi connectivity index (χ2v) is 4.77. The van der Waals surface area contributed by atoms with Crippen molar-refractivity contribution in [3.63, 3.8) is 0 Å². The van der Waals surface area contributed by atoms with Gasteiger partial charge in [-0.05, 0) is 26.7 Å². The van der Waals surface area contributed by atoms with Gasteiger partial charge in [-0.2, -0.15) is 0 Å². The number of rotatable bonds is 7. The van der Waals surface area contributed by atoms with E-state index in [-0.39, 0.29) is 25.6 Å². The molecule has 5 heteroatoms. The van der Waals surface area contributed by atoms with Crippen molar-refractivity contribution < 1.29 is 24.2 Å². The van der Waals surface area contributed by atoms with E-state index in [0.29, 0.717) is 0 Å². The Morgan fingerprint density at radius 3 is 1.78 bits per heavy atom. The first kappa shape index (κ1) is 16.9. The number of hydrogen-bond donors (Lipinski definition) is 1. The Bertz CT molecular complexity index is 265. The molecular formula is C13H24O5. The van der Waals surface area contributed by atoms with Gasteiger partial charge in [-0.3, -0.25) is 9.59 Å². The molecule has 0 saturated carbocycles. The first-order chi connectivity index (χ1) is 8.26. The summed E-state index contributed by atoms with van der Waals surface area (Å²) >= 11 is 0. The molecule has 18 heavy (non-hydrogen) atoms. The molecule has 5 nitrogen and oxygen atoms in total. The van der Waals surface area contributed by atoms with Gasteiger partial charge in [-0.1, -0.05) is 13.8 Å². The Morgan fingerprint density at radius 2 is 1.50 bits per heavy atom. The molecule has 0 bridgehead atoms. The lowest BCUT2D eigenvalue weighted by atomic mass is 9.83. The van der Waals surface area contributed by atoms with E-state index in [2.05, 4.69) is 0 Å². The third-order valence-electron chi connectivity index (χ3n) is 3.00. The highest BCUT2D eigenvalue weighted by molar-refractivity contribution is 5.95. The summed E-state index contributed by atoms with van der Waals surface area (Å²) in [5.74, 6) is -2.43. The zero-order valence-corrected chi connectivity index (χ0v) is 11.9. The highest BCUT2D eigenvalue weighted by Crippen LogP contribution is 2.26. The lowest BCUT2D eigenvalue weighted by molar-refractivity contribution is -0.165. The van der Waals surface area contributed by atoms with Gasteiger partial charge in [0.25, 0.3) is 0 Å². The smallest absolute Gasteiger partial charge is 0.320 e. The van der Waals surface area contributed by atoms with Crippen LogP contribution in [0.25, 0.3) is 0 Å². The fourth-order valence-corrected chi connectivity index (χ4v) is 1.40. The van der Waals surface area contributed by atoms with Gasteiger partial charge in [0.05, 0.1) is 18.8 Å². The van der Waals surface area contributed by atoms with E-state index in [9.17, 15) is 14.7 Å². The third-order valence-corrected chi connectivity index (χ3v) is 3.00. The van der Waals surface area contributed by atoms with Crippen LogP contribution < -0.4 is 0 Å². The highest BCUT2D eigenvalue weighted by atomic mass is 16.6. The summed E-state index contributed by atoms with van der Waals surface area (Å²) < 4.78 is 9.69. The molecule has 0 aliphatic carbocycles. The zero-order chi connectivity index (χ0) is 14.3.